The van der Waals surface area contributed by atoms with E-state index in [1.165, 1.54) is 60.3 Å². The number of benzene rings is 2. The van der Waals surface area contributed by atoms with Crippen LogP contribution in [0.3, 0.4) is 0 Å². The number of carboxylic acid groups (broad SMARTS) is 1. The molecule has 0 spiro atoms. The number of amides is 2. The average molecular weight is 500 g/mol. The second kappa shape index (κ2) is 11.6. The van der Waals surface area contributed by atoms with Crippen LogP contribution in [0.15, 0.2) is 53.7 Å². The lowest BCUT2D eigenvalue weighted by Gasteiger charge is -2.22. The topological polar surface area (TPSA) is 126 Å². The molecule has 2 aromatic carbocycles. The molecule has 11 heteroatoms. The summed E-state index contributed by atoms with van der Waals surface area (Å²) >= 11 is 1.20. The van der Waals surface area contributed by atoms with Gasteiger partial charge in [0.1, 0.15) is 5.82 Å². The van der Waals surface area contributed by atoms with E-state index in [4.69, 9.17) is 5.11 Å². The van der Waals surface area contributed by atoms with Gasteiger partial charge in [-0.05, 0) is 61.4 Å². The molecule has 3 N–H and O–H groups in total. The number of hydrogen-bond acceptors (Lipinski definition) is 6. The third kappa shape index (κ3) is 6.66. The van der Waals surface area contributed by atoms with E-state index in [0.717, 1.165) is 0 Å². The maximum atomic E-state index is 13.2. The highest BCUT2D eigenvalue weighted by atomic mass is 32.2. The number of aromatic carboxylic acids is 1. The molecule has 0 saturated carbocycles. The van der Waals surface area contributed by atoms with E-state index in [0.29, 0.717) is 28.8 Å². The van der Waals surface area contributed by atoms with Crippen molar-refractivity contribution in [2.24, 2.45) is 5.92 Å². The van der Waals surface area contributed by atoms with Gasteiger partial charge in [-0.1, -0.05) is 25.6 Å². The molecule has 3 aromatic rings. The van der Waals surface area contributed by atoms with E-state index in [-0.39, 0.29) is 29.0 Å². The molecule has 9 nitrogen and oxygen atoms in total. The van der Waals surface area contributed by atoms with Crippen molar-refractivity contribution in [1.82, 2.24) is 20.1 Å². The number of nitrogens with zero attached hydrogens (tertiary/aromatic N) is 3. The molecule has 0 fully saturated rings. The first-order chi connectivity index (χ1) is 16.7. The van der Waals surface area contributed by atoms with Crippen LogP contribution in [0.1, 0.15) is 53.4 Å². The molecule has 1 atom stereocenters. The Hall–Kier alpha value is -3.73. The quantitative estimate of drug-likeness (QED) is 0.360. The fourth-order valence-electron chi connectivity index (χ4n) is 3.31. The number of carbonyl (C=O) groups excluding carboxylic acids is 2. The normalized spacial score (nSPS) is 11.8. The van der Waals surface area contributed by atoms with E-state index in [2.05, 4.69) is 20.8 Å². The lowest BCUT2D eigenvalue weighted by Crippen LogP contribution is -2.33. The third-order valence-electron chi connectivity index (χ3n) is 5.15. The van der Waals surface area contributed by atoms with Gasteiger partial charge < -0.3 is 20.3 Å². The fraction of sp³-hybridized carbons (Fsp3) is 0.292. The number of thioether (sulfide) groups is 1. The number of halogens is 1. The molecule has 0 aliphatic heterocycles. The van der Waals surface area contributed by atoms with Crippen molar-refractivity contribution in [3.63, 3.8) is 0 Å². The van der Waals surface area contributed by atoms with Gasteiger partial charge in [0, 0.05) is 17.8 Å². The zero-order valence-electron chi connectivity index (χ0n) is 19.5. The average Bonchev–Trinajstić information content (AvgIpc) is 3.24. The number of carbonyl (C=O) groups is 3. The molecular weight excluding hydrogens is 473 g/mol. The molecule has 35 heavy (non-hydrogen) atoms. The smallest absolute Gasteiger partial charge is 0.335 e. The van der Waals surface area contributed by atoms with Crippen LogP contribution in [-0.2, 0) is 11.3 Å². The van der Waals surface area contributed by atoms with E-state index < -0.39 is 17.8 Å². The molecule has 184 valence electrons. The molecule has 0 bridgehead atoms. The fourth-order valence-corrected chi connectivity index (χ4v) is 4.12. The van der Waals surface area contributed by atoms with E-state index in [1.54, 1.807) is 0 Å². The summed E-state index contributed by atoms with van der Waals surface area (Å²) in [4.78, 5) is 36.1. The monoisotopic (exact) mass is 499 g/mol. The number of carboxylic acids is 1. The Morgan fingerprint density at radius 1 is 1.03 bits per heavy atom. The summed E-state index contributed by atoms with van der Waals surface area (Å²) in [6.07, 6.45) is 0. The highest BCUT2D eigenvalue weighted by Crippen LogP contribution is 2.26. The standard InChI is InChI=1S/C24H26FN5O4S/c1-4-30-21(20(14(2)3)27-22(32)15-5-9-17(25)10-6-15)28-29-24(30)35-13-19(31)26-18-11-7-16(8-12-18)23(33)34/h5-12,14,20H,4,13H2,1-3H3,(H,26,31)(H,27,32)(H,33,34)/t20-/m0/s1. The Bertz CT molecular complexity index is 1200. The first-order valence-electron chi connectivity index (χ1n) is 10.9. The van der Waals surface area contributed by atoms with Crippen molar-refractivity contribution in [3.8, 4) is 0 Å². The molecule has 0 unspecified atom stereocenters. The molecule has 1 heterocycles. The second-order valence-corrected chi connectivity index (χ2v) is 8.95. The van der Waals surface area contributed by atoms with Crippen molar-refractivity contribution in [2.75, 3.05) is 11.1 Å². The van der Waals surface area contributed by atoms with Gasteiger partial charge >= 0.3 is 5.97 Å². The summed E-state index contributed by atoms with van der Waals surface area (Å²) in [6, 6.07) is 10.7. The summed E-state index contributed by atoms with van der Waals surface area (Å²) < 4.78 is 15.0. The van der Waals surface area contributed by atoms with Crippen LogP contribution in [0, 0.1) is 11.7 Å². The predicted octanol–water partition coefficient (Wildman–Crippen LogP) is 3.99. The van der Waals surface area contributed by atoms with Gasteiger partial charge in [0.15, 0.2) is 11.0 Å². The van der Waals surface area contributed by atoms with Crippen molar-refractivity contribution in [2.45, 2.75) is 38.5 Å². The summed E-state index contributed by atoms with van der Waals surface area (Å²) in [5.41, 5.74) is 0.955. The number of anilines is 1. The summed E-state index contributed by atoms with van der Waals surface area (Å²) in [5, 5.41) is 23.7. The van der Waals surface area contributed by atoms with E-state index in [9.17, 15) is 18.8 Å². The van der Waals surface area contributed by atoms with Crippen LogP contribution in [0.4, 0.5) is 10.1 Å². The van der Waals surface area contributed by atoms with Crippen molar-refractivity contribution >= 4 is 35.2 Å². The first kappa shape index (κ1) is 25.9. The van der Waals surface area contributed by atoms with Crippen molar-refractivity contribution in [3.05, 3.63) is 71.3 Å². The molecule has 0 saturated heterocycles. The van der Waals surface area contributed by atoms with Gasteiger partial charge in [0.2, 0.25) is 5.91 Å². The minimum absolute atomic E-state index is 0.0104. The van der Waals surface area contributed by atoms with Crippen molar-refractivity contribution < 1.29 is 23.9 Å². The Labute approximate surface area is 206 Å². The maximum Gasteiger partial charge on any atom is 0.335 e. The molecule has 0 radical (unpaired) electrons. The van der Waals surface area contributed by atoms with Gasteiger partial charge in [-0.3, -0.25) is 9.59 Å². The first-order valence-corrected chi connectivity index (χ1v) is 11.9. The summed E-state index contributed by atoms with van der Waals surface area (Å²) in [6.45, 7) is 6.33. The Morgan fingerprint density at radius 2 is 1.66 bits per heavy atom. The Morgan fingerprint density at radius 3 is 2.23 bits per heavy atom. The van der Waals surface area contributed by atoms with Crippen LogP contribution in [0.5, 0.6) is 0 Å². The van der Waals surface area contributed by atoms with Crippen LogP contribution < -0.4 is 10.6 Å². The number of aromatic nitrogens is 3. The molecule has 2 amide bonds. The second-order valence-electron chi connectivity index (χ2n) is 8.01. The van der Waals surface area contributed by atoms with Gasteiger partial charge in [0.05, 0.1) is 17.4 Å². The number of hydrogen-bond donors (Lipinski definition) is 3. The van der Waals surface area contributed by atoms with E-state index in [1.807, 2.05) is 25.3 Å². The Balaban J connectivity index is 1.68. The predicted molar refractivity (Wildman–Crippen MR) is 130 cm³/mol. The highest BCUT2D eigenvalue weighted by Gasteiger charge is 2.26. The van der Waals surface area contributed by atoms with Crippen LogP contribution >= 0.6 is 11.8 Å². The number of nitrogens with one attached hydrogen (secondary N) is 2. The van der Waals surface area contributed by atoms with E-state index >= 15 is 0 Å². The van der Waals surface area contributed by atoms with Crippen LogP contribution in [-0.4, -0.2) is 43.4 Å². The van der Waals surface area contributed by atoms with Gasteiger partial charge in [-0.2, -0.15) is 0 Å². The minimum atomic E-state index is -1.04. The summed E-state index contributed by atoms with van der Waals surface area (Å²) in [5.74, 6) is -1.48. The zero-order chi connectivity index (χ0) is 25.5. The Kier molecular flexibility index (Phi) is 8.58. The van der Waals surface area contributed by atoms with Gasteiger partial charge in [0.25, 0.3) is 5.91 Å². The van der Waals surface area contributed by atoms with Crippen LogP contribution in [0.2, 0.25) is 0 Å². The van der Waals surface area contributed by atoms with Gasteiger partial charge in [-0.25, -0.2) is 9.18 Å². The lowest BCUT2D eigenvalue weighted by atomic mass is 10.0. The number of rotatable bonds is 10. The summed E-state index contributed by atoms with van der Waals surface area (Å²) in [7, 11) is 0. The molecule has 0 aliphatic carbocycles. The maximum absolute atomic E-state index is 13.2. The molecule has 0 aliphatic rings. The third-order valence-corrected chi connectivity index (χ3v) is 6.11. The zero-order valence-corrected chi connectivity index (χ0v) is 20.3. The highest BCUT2D eigenvalue weighted by molar-refractivity contribution is 7.99. The lowest BCUT2D eigenvalue weighted by molar-refractivity contribution is -0.113. The molecular formula is C24H26FN5O4S. The van der Waals surface area contributed by atoms with Crippen LogP contribution in [0.25, 0.3) is 0 Å². The largest absolute Gasteiger partial charge is 0.478 e. The minimum Gasteiger partial charge on any atom is -0.478 e. The molecule has 1 aromatic heterocycles. The van der Waals surface area contributed by atoms with Crippen molar-refractivity contribution in [1.29, 1.82) is 0 Å². The molecule has 3 rings (SSSR count). The van der Waals surface area contributed by atoms with Gasteiger partial charge in [-0.15, -0.1) is 10.2 Å². The SMILES string of the molecule is CCn1c(SCC(=O)Nc2ccc(C(=O)O)cc2)nnc1[C@@H](NC(=O)c1ccc(F)cc1)C(C)C.